The van der Waals surface area contributed by atoms with E-state index in [-0.39, 0.29) is 12.4 Å². The van der Waals surface area contributed by atoms with E-state index >= 15 is 0 Å². The van der Waals surface area contributed by atoms with Crippen LogP contribution in [-0.2, 0) is 10.9 Å². The van der Waals surface area contributed by atoms with E-state index in [1.165, 1.54) is 12.1 Å². The number of nitrogens with zero attached hydrogens (tertiary/aromatic N) is 1. The van der Waals surface area contributed by atoms with Crippen LogP contribution in [-0.4, -0.2) is 36.0 Å². The normalized spacial score (nSPS) is 15.2. The number of alkyl halides is 4. The van der Waals surface area contributed by atoms with Gasteiger partial charge in [0.2, 0.25) is 0 Å². The highest BCUT2D eigenvalue weighted by Gasteiger charge is 2.29. The molecule has 0 unspecified atom stereocenters. The molecular weight excluding hydrogens is 326 g/mol. The van der Waals surface area contributed by atoms with Gasteiger partial charge in [0.25, 0.3) is 0 Å². The highest BCUT2D eigenvalue weighted by molar-refractivity contribution is 6.18. The molecule has 1 aliphatic rings. The Hall–Kier alpha value is -1.20. The van der Waals surface area contributed by atoms with E-state index < -0.39 is 11.7 Å². The summed E-state index contributed by atoms with van der Waals surface area (Å²) in [5.41, 5.74) is 0.0370. The molecule has 0 fully saturated rings. The Bertz CT molecular complexity index is 524. The third-order valence-electron chi connectivity index (χ3n) is 2.93. The van der Waals surface area contributed by atoms with Crippen molar-refractivity contribution in [1.29, 1.82) is 0 Å². The maximum absolute atomic E-state index is 12.4. The van der Waals surface area contributed by atoms with Crippen LogP contribution in [0.4, 0.5) is 13.2 Å². The summed E-state index contributed by atoms with van der Waals surface area (Å²) < 4.78 is 44.7. The first-order valence-corrected chi connectivity index (χ1v) is 6.70. The maximum atomic E-state index is 12.4. The predicted molar refractivity (Wildman–Crippen MR) is 72.2 cm³/mol. The summed E-state index contributed by atoms with van der Waals surface area (Å²) in [5, 5.41) is 0. The second-order valence-electron chi connectivity index (χ2n) is 4.32. The van der Waals surface area contributed by atoms with E-state index in [9.17, 15) is 13.2 Å². The summed E-state index contributed by atoms with van der Waals surface area (Å²) >= 11 is 5.68. The number of hydrogen-bond acceptors (Lipinski definition) is 1. The number of ether oxygens (including phenoxy) is 1. The average Bonchev–Trinajstić information content (AvgIpc) is 2.84. The van der Waals surface area contributed by atoms with Crippen molar-refractivity contribution in [2.24, 2.45) is 0 Å². The molecule has 0 atom stereocenters. The van der Waals surface area contributed by atoms with E-state index in [1.807, 2.05) is 4.58 Å². The van der Waals surface area contributed by atoms with Gasteiger partial charge in [-0.2, -0.15) is 17.7 Å². The molecule has 2 nitrogen and oxygen atoms in total. The Morgan fingerprint density at radius 1 is 1.19 bits per heavy atom. The molecule has 0 spiro atoms. The Balaban J connectivity index is 0.00000220. The minimum absolute atomic E-state index is 0. The standard InChI is InChI=1S/C14H14ClF3NO.ClH/c15-7-8-19-9-10-20-13(19)6-3-11-1-4-12(5-2-11)14(16,17)18;/h1-6H,7-10H2;1H/q+1;/p-1/b6-3+;. The lowest BCUT2D eigenvalue weighted by Crippen LogP contribution is -3.00. The molecule has 2 rings (SSSR count). The number of benzene rings is 1. The minimum atomic E-state index is -4.30. The van der Waals surface area contributed by atoms with Crippen LogP contribution < -0.4 is 12.4 Å². The van der Waals surface area contributed by atoms with Crippen LogP contribution in [0.15, 0.2) is 30.3 Å². The fourth-order valence-corrected chi connectivity index (χ4v) is 2.09. The Labute approximate surface area is 132 Å². The molecule has 21 heavy (non-hydrogen) atoms. The molecule has 0 saturated heterocycles. The van der Waals surface area contributed by atoms with E-state index in [0.717, 1.165) is 18.7 Å². The van der Waals surface area contributed by atoms with Gasteiger partial charge in [-0.25, -0.2) is 0 Å². The second-order valence-corrected chi connectivity index (χ2v) is 4.69. The van der Waals surface area contributed by atoms with Crippen molar-refractivity contribution in [3.05, 3.63) is 41.5 Å². The molecule has 0 radical (unpaired) electrons. The smallest absolute Gasteiger partial charge is 0.416 e. The third-order valence-corrected chi connectivity index (χ3v) is 3.10. The quantitative estimate of drug-likeness (QED) is 0.571. The lowest BCUT2D eigenvalue weighted by molar-refractivity contribution is -0.512. The Morgan fingerprint density at radius 3 is 2.43 bits per heavy atom. The summed E-state index contributed by atoms with van der Waals surface area (Å²) in [6, 6.07) is 4.99. The van der Waals surface area contributed by atoms with Gasteiger partial charge in [0.05, 0.1) is 17.5 Å². The fraction of sp³-hybridized carbons (Fsp3) is 0.357. The number of hydrogen-bond donors (Lipinski definition) is 0. The van der Waals surface area contributed by atoms with Gasteiger partial charge in [0, 0.05) is 0 Å². The summed E-state index contributed by atoms with van der Waals surface area (Å²) in [4.78, 5) is 0. The van der Waals surface area contributed by atoms with Gasteiger partial charge in [-0.1, -0.05) is 12.1 Å². The first-order valence-electron chi connectivity index (χ1n) is 6.17. The highest BCUT2D eigenvalue weighted by atomic mass is 35.5. The molecule has 1 aromatic carbocycles. The van der Waals surface area contributed by atoms with Gasteiger partial charge in [-0.15, -0.1) is 11.6 Å². The molecule has 0 aliphatic carbocycles. The average molecular weight is 340 g/mol. The van der Waals surface area contributed by atoms with Gasteiger partial charge in [0.1, 0.15) is 0 Å². The zero-order valence-electron chi connectivity index (χ0n) is 11.0. The van der Waals surface area contributed by atoms with Crippen LogP contribution in [0, 0.1) is 0 Å². The lowest BCUT2D eigenvalue weighted by atomic mass is 10.1. The lowest BCUT2D eigenvalue weighted by Gasteiger charge is -2.05. The summed E-state index contributed by atoms with van der Waals surface area (Å²) in [7, 11) is 0. The molecule has 1 heterocycles. The molecule has 0 bridgehead atoms. The van der Waals surface area contributed by atoms with Crippen molar-refractivity contribution in [2.75, 3.05) is 25.6 Å². The van der Waals surface area contributed by atoms with Gasteiger partial charge in [-0.3, -0.25) is 0 Å². The topological polar surface area (TPSA) is 12.2 Å². The van der Waals surface area contributed by atoms with Gasteiger partial charge < -0.3 is 17.1 Å². The predicted octanol–water partition coefficient (Wildman–Crippen LogP) is 0.403. The minimum Gasteiger partial charge on any atom is -1.00 e. The Kier molecular flexibility index (Phi) is 6.55. The zero-order valence-corrected chi connectivity index (χ0v) is 12.5. The zero-order chi connectivity index (χ0) is 14.6. The molecule has 1 aromatic rings. The van der Waals surface area contributed by atoms with E-state index in [1.54, 1.807) is 12.2 Å². The van der Waals surface area contributed by atoms with Gasteiger partial charge >= 0.3 is 12.1 Å². The first-order chi connectivity index (χ1) is 9.50. The van der Waals surface area contributed by atoms with Crippen molar-refractivity contribution < 1.29 is 34.9 Å². The molecule has 0 amide bonds. The number of rotatable bonds is 4. The maximum Gasteiger partial charge on any atom is 0.416 e. The molecule has 0 saturated carbocycles. The van der Waals surface area contributed by atoms with Crippen molar-refractivity contribution in [1.82, 2.24) is 0 Å². The first kappa shape index (κ1) is 17.9. The Morgan fingerprint density at radius 2 is 1.86 bits per heavy atom. The third kappa shape index (κ3) is 4.93. The summed E-state index contributed by atoms with van der Waals surface area (Å²) in [5.74, 6) is 1.20. The monoisotopic (exact) mass is 339 g/mol. The van der Waals surface area contributed by atoms with E-state index in [4.69, 9.17) is 16.3 Å². The summed E-state index contributed by atoms with van der Waals surface area (Å²) in [6.45, 7) is 2.07. The van der Waals surface area contributed by atoms with Gasteiger partial charge in [0.15, 0.2) is 19.7 Å². The number of halogens is 5. The van der Waals surface area contributed by atoms with Crippen LogP contribution in [0.1, 0.15) is 11.1 Å². The van der Waals surface area contributed by atoms with Crippen molar-refractivity contribution in [3.63, 3.8) is 0 Å². The molecule has 116 valence electrons. The van der Waals surface area contributed by atoms with Crippen LogP contribution in [0.25, 0.3) is 6.08 Å². The molecule has 0 aromatic heterocycles. The van der Waals surface area contributed by atoms with E-state index in [2.05, 4.69) is 0 Å². The highest BCUT2D eigenvalue weighted by Crippen LogP contribution is 2.29. The van der Waals surface area contributed by atoms with Gasteiger partial charge in [-0.05, 0) is 23.8 Å². The second kappa shape index (κ2) is 7.71. The van der Waals surface area contributed by atoms with Crippen molar-refractivity contribution in [2.45, 2.75) is 6.18 Å². The van der Waals surface area contributed by atoms with Crippen molar-refractivity contribution in [3.8, 4) is 0 Å². The van der Waals surface area contributed by atoms with Crippen LogP contribution >= 0.6 is 11.6 Å². The van der Waals surface area contributed by atoms with Crippen LogP contribution in [0.5, 0.6) is 0 Å². The SMILES string of the molecule is FC(F)(F)c1ccc(/C=C/C2=[N+](CCCl)CCO2)cc1.[Cl-]. The molecule has 7 heteroatoms. The van der Waals surface area contributed by atoms with Crippen molar-refractivity contribution >= 4 is 23.6 Å². The molecule has 1 aliphatic heterocycles. The molecule has 0 N–H and O–H groups in total. The molecular formula is C14H14Cl2F3NO. The fourth-order valence-electron chi connectivity index (χ4n) is 1.89. The van der Waals surface area contributed by atoms with Crippen LogP contribution in [0.2, 0.25) is 0 Å². The largest absolute Gasteiger partial charge is 1.00 e. The van der Waals surface area contributed by atoms with Crippen LogP contribution in [0.3, 0.4) is 0 Å². The summed E-state index contributed by atoms with van der Waals surface area (Å²) in [6.07, 6.45) is -0.826. The van der Waals surface area contributed by atoms with E-state index in [0.29, 0.717) is 30.5 Å².